The molecule has 0 saturated carbocycles. The molecule has 0 aliphatic heterocycles. The molecule has 0 fully saturated rings. The Morgan fingerprint density at radius 3 is 2.55 bits per heavy atom. The number of carbonyl (C=O) groups is 1. The summed E-state index contributed by atoms with van der Waals surface area (Å²) in [6.07, 6.45) is 2.01. The van der Waals surface area contributed by atoms with Gasteiger partial charge in [0, 0.05) is 42.9 Å². The van der Waals surface area contributed by atoms with Crippen LogP contribution in [-0.2, 0) is 18.3 Å². The van der Waals surface area contributed by atoms with Crippen molar-refractivity contribution in [1.82, 2.24) is 14.8 Å². The minimum atomic E-state index is -0.729. The van der Waals surface area contributed by atoms with Gasteiger partial charge in [-0.25, -0.2) is 13.2 Å². The van der Waals surface area contributed by atoms with Gasteiger partial charge in [-0.1, -0.05) is 0 Å². The van der Waals surface area contributed by atoms with Gasteiger partial charge in [-0.3, -0.25) is 9.48 Å². The first-order valence-corrected chi connectivity index (χ1v) is 8.96. The molecule has 1 amide bonds. The van der Waals surface area contributed by atoms with Gasteiger partial charge in [0.15, 0.2) is 5.82 Å². The fourth-order valence-electron chi connectivity index (χ4n) is 3.32. The number of carbonyl (C=O) groups excluding carboxylic acids is 1. The van der Waals surface area contributed by atoms with Crippen LogP contribution >= 0.6 is 0 Å². The van der Waals surface area contributed by atoms with Gasteiger partial charge in [0.2, 0.25) is 5.91 Å². The van der Waals surface area contributed by atoms with Crippen molar-refractivity contribution in [3.63, 3.8) is 0 Å². The van der Waals surface area contributed by atoms with Crippen LogP contribution in [-0.4, -0.2) is 20.7 Å². The van der Waals surface area contributed by atoms with E-state index in [1.807, 2.05) is 0 Å². The van der Waals surface area contributed by atoms with E-state index < -0.39 is 17.5 Å². The molecule has 0 aliphatic carbocycles. The zero-order valence-corrected chi connectivity index (χ0v) is 15.5. The number of nitrogens with zero attached hydrogens (tertiary/aromatic N) is 2. The lowest BCUT2D eigenvalue weighted by molar-refractivity contribution is -0.116. The van der Waals surface area contributed by atoms with Crippen LogP contribution in [0.5, 0.6) is 0 Å². The minimum absolute atomic E-state index is 0.0792. The Kier molecular flexibility index (Phi) is 4.84. The monoisotopic (exact) mass is 398 g/mol. The highest BCUT2D eigenvalue weighted by molar-refractivity contribution is 5.93. The molecule has 0 radical (unpaired) electrons. The summed E-state index contributed by atoms with van der Waals surface area (Å²) in [7, 11) is 1.74. The summed E-state index contributed by atoms with van der Waals surface area (Å²) in [6.45, 7) is 0. The van der Waals surface area contributed by atoms with Crippen molar-refractivity contribution in [2.45, 2.75) is 12.8 Å². The standard InChI is InChI=1S/C21H17F3N4O/c1-28-9-8-18(27-28)25-19(29)7-6-15-16-10-14(23)11-17(24)21(16)26-20(15)12-2-4-13(22)5-3-12/h2-5,8-11,26H,6-7H2,1H3,(H,25,27,29). The molecule has 5 nitrogen and oxygen atoms in total. The highest BCUT2D eigenvalue weighted by atomic mass is 19.1. The van der Waals surface area contributed by atoms with Gasteiger partial charge in [0.25, 0.3) is 0 Å². The molecule has 0 saturated heterocycles. The topological polar surface area (TPSA) is 62.7 Å². The third-order valence-corrected chi connectivity index (χ3v) is 4.65. The third kappa shape index (κ3) is 3.87. The van der Waals surface area contributed by atoms with Crippen molar-refractivity contribution in [1.29, 1.82) is 0 Å². The predicted molar refractivity (Wildman–Crippen MR) is 104 cm³/mol. The molecular weight excluding hydrogens is 381 g/mol. The molecule has 0 spiro atoms. The summed E-state index contributed by atoms with van der Waals surface area (Å²) in [6, 6.07) is 9.36. The van der Waals surface area contributed by atoms with Gasteiger partial charge in [-0.15, -0.1) is 0 Å². The van der Waals surface area contributed by atoms with Gasteiger partial charge in [0.1, 0.15) is 17.5 Å². The molecule has 4 aromatic rings. The fourth-order valence-corrected chi connectivity index (χ4v) is 3.32. The average Bonchev–Trinajstić information content (AvgIpc) is 3.24. The summed E-state index contributed by atoms with van der Waals surface area (Å²) in [5.41, 5.74) is 1.87. The maximum Gasteiger partial charge on any atom is 0.225 e. The minimum Gasteiger partial charge on any atom is -0.352 e. The Labute approximate surface area is 164 Å². The lowest BCUT2D eigenvalue weighted by Crippen LogP contribution is -2.13. The zero-order valence-electron chi connectivity index (χ0n) is 15.5. The second-order valence-electron chi connectivity index (χ2n) is 6.72. The lowest BCUT2D eigenvalue weighted by atomic mass is 10.0. The van der Waals surface area contributed by atoms with Crippen molar-refractivity contribution in [2.75, 3.05) is 5.32 Å². The highest BCUT2D eigenvalue weighted by Crippen LogP contribution is 2.33. The van der Waals surface area contributed by atoms with Gasteiger partial charge in [0.05, 0.1) is 5.52 Å². The lowest BCUT2D eigenvalue weighted by Gasteiger charge is -2.06. The van der Waals surface area contributed by atoms with Crippen molar-refractivity contribution in [2.24, 2.45) is 7.05 Å². The van der Waals surface area contributed by atoms with Gasteiger partial charge < -0.3 is 10.3 Å². The molecule has 2 aromatic carbocycles. The Bertz CT molecular complexity index is 1190. The summed E-state index contributed by atoms with van der Waals surface area (Å²) in [5, 5.41) is 7.12. The number of H-pyrrole nitrogens is 1. The Balaban J connectivity index is 1.68. The average molecular weight is 398 g/mol. The zero-order chi connectivity index (χ0) is 20.5. The van der Waals surface area contributed by atoms with Crippen LogP contribution in [0, 0.1) is 17.5 Å². The number of anilines is 1. The van der Waals surface area contributed by atoms with Gasteiger partial charge in [-0.2, -0.15) is 5.10 Å². The second-order valence-corrected chi connectivity index (χ2v) is 6.72. The van der Waals surface area contributed by atoms with Gasteiger partial charge >= 0.3 is 0 Å². The number of aryl methyl sites for hydroxylation is 2. The number of fused-ring (bicyclic) bond motifs is 1. The number of aromatic nitrogens is 3. The molecule has 0 bridgehead atoms. The first kappa shape index (κ1) is 18.8. The van der Waals surface area contributed by atoms with E-state index in [1.165, 1.54) is 18.2 Å². The van der Waals surface area contributed by atoms with Crippen molar-refractivity contribution < 1.29 is 18.0 Å². The Hall–Kier alpha value is -3.55. The molecular formula is C21H17F3N4O. The van der Waals surface area contributed by atoms with Crippen LogP contribution in [0.2, 0.25) is 0 Å². The molecule has 2 N–H and O–H groups in total. The molecule has 0 atom stereocenters. The predicted octanol–water partition coefficient (Wildman–Crippen LogP) is 4.56. The van der Waals surface area contributed by atoms with Crippen molar-refractivity contribution in [3.8, 4) is 11.3 Å². The molecule has 0 aliphatic rings. The SMILES string of the molecule is Cn1ccc(NC(=O)CCc2c(-c3ccc(F)cc3)[nH]c3c(F)cc(F)cc23)n1. The molecule has 8 heteroatoms. The highest BCUT2D eigenvalue weighted by Gasteiger charge is 2.18. The van der Waals surface area contributed by atoms with Crippen LogP contribution < -0.4 is 5.32 Å². The van der Waals surface area contributed by atoms with Crippen molar-refractivity contribution >= 4 is 22.6 Å². The number of hydrogen-bond acceptors (Lipinski definition) is 2. The van der Waals surface area contributed by atoms with Crippen LogP contribution in [0.1, 0.15) is 12.0 Å². The van der Waals surface area contributed by atoms with Gasteiger partial charge in [-0.05, 0) is 47.9 Å². The normalized spacial score (nSPS) is 11.2. The van der Waals surface area contributed by atoms with E-state index in [0.717, 1.165) is 6.07 Å². The van der Waals surface area contributed by atoms with E-state index in [2.05, 4.69) is 15.4 Å². The number of amides is 1. The molecule has 0 unspecified atom stereocenters. The fraction of sp³-hybridized carbons (Fsp3) is 0.143. The number of hydrogen-bond donors (Lipinski definition) is 2. The Morgan fingerprint density at radius 2 is 1.86 bits per heavy atom. The first-order valence-electron chi connectivity index (χ1n) is 8.96. The van der Waals surface area contributed by atoms with E-state index in [-0.39, 0.29) is 24.3 Å². The van der Waals surface area contributed by atoms with E-state index in [4.69, 9.17) is 0 Å². The van der Waals surface area contributed by atoms with E-state index in [1.54, 1.807) is 36.1 Å². The summed E-state index contributed by atoms with van der Waals surface area (Å²) >= 11 is 0. The van der Waals surface area contributed by atoms with Crippen LogP contribution in [0.25, 0.3) is 22.2 Å². The largest absolute Gasteiger partial charge is 0.352 e. The van der Waals surface area contributed by atoms with Crippen LogP contribution in [0.3, 0.4) is 0 Å². The smallest absolute Gasteiger partial charge is 0.225 e. The Morgan fingerprint density at radius 1 is 1.10 bits per heavy atom. The van der Waals surface area contributed by atoms with Crippen LogP contribution in [0.15, 0.2) is 48.7 Å². The third-order valence-electron chi connectivity index (χ3n) is 4.65. The quantitative estimate of drug-likeness (QED) is 0.518. The molecule has 2 heterocycles. The summed E-state index contributed by atoms with van der Waals surface area (Å²) < 4.78 is 43.0. The second kappa shape index (κ2) is 7.46. The van der Waals surface area contributed by atoms with Crippen LogP contribution in [0.4, 0.5) is 19.0 Å². The van der Waals surface area contributed by atoms with E-state index in [0.29, 0.717) is 28.0 Å². The number of aromatic amines is 1. The van der Waals surface area contributed by atoms with E-state index >= 15 is 0 Å². The molecule has 29 heavy (non-hydrogen) atoms. The summed E-state index contributed by atoms with van der Waals surface area (Å²) in [4.78, 5) is 15.3. The molecule has 2 aromatic heterocycles. The number of nitrogens with one attached hydrogen (secondary N) is 2. The summed E-state index contributed by atoms with van der Waals surface area (Å²) in [5.74, 6) is -1.70. The molecule has 4 rings (SSSR count). The maximum atomic E-state index is 14.3. The first-order chi connectivity index (χ1) is 13.9. The van der Waals surface area contributed by atoms with E-state index in [9.17, 15) is 18.0 Å². The van der Waals surface area contributed by atoms with Crippen molar-refractivity contribution in [3.05, 3.63) is 71.7 Å². The number of halogens is 3. The number of rotatable bonds is 5. The number of benzene rings is 2. The molecule has 148 valence electrons. The maximum absolute atomic E-state index is 14.3.